The van der Waals surface area contributed by atoms with Crippen LogP contribution in [0.5, 0.6) is 11.6 Å². The SMILES string of the molecule is CC[C@@H]1[C@H](F)C(=O)N[C@@H]1COc1ncc(C#C[C@H]2CC[C@H](CN(C)CCN3CCO[C@H](CCNc4cccc5c4C(=O)N(C4CCC(=O)NC4=O)C5=O)C3)CC2)c2cc(C(N)=O)c(OC)cc12. The maximum absolute atomic E-state index is 14.5. The van der Waals surface area contributed by atoms with Crippen LogP contribution in [0.4, 0.5) is 10.1 Å². The standard InChI is InChI=1S/C49H59FN8O9/c1-4-32-38(54-46(62)43(32)50)27-67-47-35-23-40(65-3)36(44(51)60)22-34(35)30(24-53-47)13-12-28-8-10-29(11-9-28)25-56(2)18-19-57-20-21-66-31(26-57)16-17-52-37-7-5-6-33-42(37)49(64)58(48(33)63)39-14-15-41(59)55-45(39)61/h5-7,22-24,28-29,31-32,38-39,43,52H,4,8-11,14-21,25-27H2,1-3H3,(H2,51,60)(H,54,62)(H,55,59,61)/t28-,29-,31-,32+,38-,39?,43+/m1/s1. The van der Waals surface area contributed by atoms with Gasteiger partial charge in [0.25, 0.3) is 23.6 Å². The number of piperidine rings is 1. The van der Waals surface area contributed by atoms with Gasteiger partial charge in [0.15, 0.2) is 6.17 Å². The number of nitrogens with two attached hydrogens (primary N) is 1. The van der Waals surface area contributed by atoms with Gasteiger partial charge in [0.1, 0.15) is 18.4 Å². The van der Waals surface area contributed by atoms with E-state index < -0.39 is 59.6 Å². The number of methoxy groups -OCH3 is 1. The van der Waals surface area contributed by atoms with Gasteiger partial charge in [-0.3, -0.25) is 43.9 Å². The van der Waals surface area contributed by atoms with Gasteiger partial charge in [-0.25, -0.2) is 9.37 Å². The first-order valence-electron chi connectivity index (χ1n) is 23.3. The molecule has 18 heteroatoms. The third-order valence-electron chi connectivity index (χ3n) is 13.9. The van der Waals surface area contributed by atoms with Crippen LogP contribution >= 0.6 is 0 Å². The van der Waals surface area contributed by atoms with Gasteiger partial charge in [-0.2, -0.15) is 0 Å². The second-order valence-corrected chi connectivity index (χ2v) is 18.3. The molecule has 17 nitrogen and oxygen atoms in total. The number of halogens is 1. The zero-order valence-electron chi connectivity index (χ0n) is 38.2. The molecule has 3 saturated heterocycles. The molecule has 2 aromatic carbocycles. The number of likely N-dealkylation sites (N-methyl/N-ethyl adjacent to an activating group) is 1. The quantitative estimate of drug-likeness (QED) is 0.120. The van der Waals surface area contributed by atoms with Crippen molar-refractivity contribution in [1.29, 1.82) is 0 Å². The number of fused-ring (bicyclic) bond motifs is 2. The summed E-state index contributed by atoms with van der Waals surface area (Å²) in [6, 6.07) is 6.83. The zero-order chi connectivity index (χ0) is 47.4. The van der Waals surface area contributed by atoms with Crippen LogP contribution in [0.1, 0.15) is 94.9 Å². The minimum atomic E-state index is -1.59. The summed E-state index contributed by atoms with van der Waals surface area (Å²) in [5.41, 5.74) is 7.56. The van der Waals surface area contributed by atoms with Crippen molar-refractivity contribution in [2.45, 2.75) is 82.6 Å². The van der Waals surface area contributed by atoms with Crippen LogP contribution < -0.4 is 31.2 Å². The first kappa shape index (κ1) is 47.3. The number of amides is 6. The molecule has 8 rings (SSSR count). The normalized spacial score (nSPS) is 25.4. The Kier molecular flexibility index (Phi) is 14.7. The average molecular weight is 923 g/mol. The van der Waals surface area contributed by atoms with Crippen molar-refractivity contribution in [2.75, 3.05) is 72.0 Å². The number of anilines is 1. The second-order valence-electron chi connectivity index (χ2n) is 18.3. The van der Waals surface area contributed by atoms with E-state index in [1.807, 2.05) is 6.92 Å². The smallest absolute Gasteiger partial charge is 0.264 e. The van der Waals surface area contributed by atoms with Crippen LogP contribution in [0.25, 0.3) is 10.8 Å². The van der Waals surface area contributed by atoms with Crippen LogP contribution in [-0.4, -0.2) is 146 Å². The molecule has 4 fully saturated rings. The molecule has 1 saturated carbocycles. The number of hydrogen-bond donors (Lipinski definition) is 4. The summed E-state index contributed by atoms with van der Waals surface area (Å²) in [6.07, 6.45) is 5.40. The number of alkyl halides is 1. The zero-order valence-corrected chi connectivity index (χ0v) is 38.2. The topological polar surface area (TPSA) is 215 Å². The number of rotatable bonds is 16. The highest BCUT2D eigenvalue weighted by molar-refractivity contribution is 6.25. The summed E-state index contributed by atoms with van der Waals surface area (Å²) in [6.45, 7) is 7.46. The molecular formula is C49H59FN8O9. The highest BCUT2D eigenvalue weighted by Gasteiger charge is 2.46. The van der Waals surface area contributed by atoms with Crippen molar-refractivity contribution in [3.05, 3.63) is 58.8 Å². The lowest BCUT2D eigenvalue weighted by atomic mass is 9.82. The van der Waals surface area contributed by atoms with Crippen LogP contribution in [0.3, 0.4) is 0 Å². The van der Waals surface area contributed by atoms with Gasteiger partial charge < -0.3 is 35.5 Å². The molecule has 5 aliphatic rings. The molecule has 1 unspecified atom stereocenters. The number of carbonyl (C=O) groups excluding carboxylic acids is 6. The molecular weight excluding hydrogens is 864 g/mol. The van der Waals surface area contributed by atoms with E-state index in [0.717, 1.165) is 63.3 Å². The molecule has 6 amide bonds. The van der Waals surface area contributed by atoms with E-state index in [1.165, 1.54) is 7.11 Å². The van der Waals surface area contributed by atoms with E-state index in [1.54, 1.807) is 36.5 Å². The summed E-state index contributed by atoms with van der Waals surface area (Å²) in [5.74, 6) is 4.16. The van der Waals surface area contributed by atoms with Gasteiger partial charge in [-0.15, -0.1) is 0 Å². The maximum Gasteiger partial charge on any atom is 0.264 e. The third kappa shape index (κ3) is 10.4. The molecule has 67 heavy (non-hydrogen) atoms. The van der Waals surface area contributed by atoms with E-state index in [0.29, 0.717) is 53.9 Å². The Morgan fingerprint density at radius 2 is 1.88 bits per heavy atom. The van der Waals surface area contributed by atoms with E-state index >= 15 is 0 Å². The Hall–Kier alpha value is -6.16. The predicted molar refractivity (Wildman–Crippen MR) is 245 cm³/mol. The summed E-state index contributed by atoms with van der Waals surface area (Å²) in [4.78, 5) is 85.7. The molecule has 5 heterocycles. The average Bonchev–Trinajstić information content (AvgIpc) is 3.75. The summed E-state index contributed by atoms with van der Waals surface area (Å²) < 4.78 is 32.1. The number of pyridine rings is 1. The second kappa shape index (κ2) is 20.8. The van der Waals surface area contributed by atoms with Crippen molar-refractivity contribution < 1.29 is 47.4 Å². The molecule has 1 aliphatic carbocycles. The lowest BCUT2D eigenvalue weighted by Gasteiger charge is -2.35. The number of aromatic nitrogens is 1. The fourth-order valence-electron chi connectivity index (χ4n) is 10.1. The Bertz CT molecular complexity index is 2480. The number of carbonyl (C=O) groups is 6. The fourth-order valence-corrected chi connectivity index (χ4v) is 10.1. The molecule has 0 radical (unpaired) electrons. The monoisotopic (exact) mass is 922 g/mol. The fraction of sp³-hybridized carbons (Fsp3) is 0.531. The van der Waals surface area contributed by atoms with Crippen molar-refractivity contribution >= 4 is 51.9 Å². The van der Waals surface area contributed by atoms with E-state index in [-0.39, 0.29) is 59.8 Å². The molecule has 0 spiro atoms. The van der Waals surface area contributed by atoms with Crippen molar-refractivity contribution in [1.82, 2.24) is 30.3 Å². The third-order valence-corrected chi connectivity index (χ3v) is 13.9. The number of hydrogen-bond acceptors (Lipinski definition) is 13. The Morgan fingerprint density at radius 1 is 1.07 bits per heavy atom. The number of benzene rings is 2. The van der Waals surface area contributed by atoms with Crippen LogP contribution in [0, 0.1) is 29.6 Å². The summed E-state index contributed by atoms with van der Waals surface area (Å²) in [5, 5.41) is 9.45. The number of morpholine rings is 1. The first-order chi connectivity index (χ1) is 32.3. The predicted octanol–water partition coefficient (Wildman–Crippen LogP) is 3.28. The minimum Gasteiger partial charge on any atom is -0.496 e. The van der Waals surface area contributed by atoms with Crippen molar-refractivity contribution in [3.8, 4) is 23.5 Å². The van der Waals surface area contributed by atoms with Gasteiger partial charge in [-0.05, 0) is 82.2 Å². The highest BCUT2D eigenvalue weighted by atomic mass is 19.1. The van der Waals surface area contributed by atoms with Gasteiger partial charge >= 0.3 is 0 Å². The molecule has 5 N–H and O–H groups in total. The number of nitrogens with one attached hydrogen (secondary N) is 3. The molecule has 1 aromatic heterocycles. The summed E-state index contributed by atoms with van der Waals surface area (Å²) in [7, 11) is 3.62. The highest BCUT2D eigenvalue weighted by Crippen LogP contribution is 2.36. The molecule has 0 bridgehead atoms. The summed E-state index contributed by atoms with van der Waals surface area (Å²) >= 11 is 0. The maximum atomic E-state index is 14.5. The largest absolute Gasteiger partial charge is 0.496 e. The Morgan fingerprint density at radius 3 is 2.63 bits per heavy atom. The first-order valence-corrected chi connectivity index (χ1v) is 23.3. The van der Waals surface area contributed by atoms with Gasteiger partial charge in [-0.1, -0.05) is 24.8 Å². The lowest BCUT2D eigenvalue weighted by Crippen LogP contribution is -2.54. The minimum absolute atomic E-state index is 0.00212. The molecule has 3 aromatic rings. The Labute approximate surface area is 389 Å². The molecule has 356 valence electrons. The van der Waals surface area contributed by atoms with Crippen LogP contribution in [-0.2, 0) is 19.1 Å². The van der Waals surface area contributed by atoms with Crippen LogP contribution in [0.2, 0.25) is 0 Å². The van der Waals surface area contributed by atoms with E-state index in [2.05, 4.69) is 49.6 Å². The van der Waals surface area contributed by atoms with Gasteiger partial charge in [0.2, 0.25) is 17.7 Å². The van der Waals surface area contributed by atoms with Gasteiger partial charge in [0.05, 0.1) is 48.1 Å². The number of ether oxygens (including phenoxy) is 3. The number of primary amides is 1. The van der Waals surface area contributed by atoms with Crippen LogP contribution in [0.15, 0.2) is 36.5 Å². The Balaban J connectivity index is 0.797. The van der Waals surface area contributed by atoms with E-state index in [4.69, 9.17) is 19.9 Å². The van der Waals surface area contributed by atoms with Crippen molar-refractivity contribution in [3.63, 3.8) is 0 Å². The molecule has 5 atom stereocenters. The van der Waals surface area contributed by atoms with Gasteiger partial charge in [0, 0.05) is 80.2 Å². The van der Waals surface area contributed by atoms with E-state index in [9.17, 15) is 33.2 Å². The number of imide groups is 2. The molecule has 4 aliphatic heterocycles. The lowest BCUT2D eigenvalue weighted by molar-refractivity contribution is -0.136. The van der Waals surface area contributed by atoms with Crippen molar-refractivity contribution in [2.24, 2.45) is 23.5 Å². The number of nitrogens with zero attached hydrogens (tertiary/aromatic N) is 4.